The number of hydrogen-bond acceptors (Lipinski definition) is 6. The van der Waals surface area contributed by atoms with E-state index in [0.717, 1.165) is 41.7 Å². The number of carboxylic acids is 1. The molecule has 2 N–H and O–H groups in total. The van der Waals surface area contributed by atoms with Crippen LogP contribution in [0.3, 0.4) is 0 Å². The molecule has 2 aromatic heterocycles. The first-order valence-corrected chi connectivity index (χ1v) is 8.70. The van der Waals surface area contributed by atoms with E-state index < -0.39 is 17.5 Å². The van der Waals surface area contributed by atoms with Gasteiger partial charge in [-0.15, -0.1) is 0 Å². The van der Waals surface area contributed by atoms with Crippen molar-refractivity contribution in [1.82, 2.24) is 14.9 Å². The quantitative estimate of drug-likeness (QED) is 0.758. The molecule has 3 rings (SSSR count). The van der Waals surface area contributed by atoms with Crippen molar-refractivity contribution in [1.29, 1.82) is 0 Å². The number of aromatic nitrogens is 2. The lowest BCUT2D eigenvalue weighted by molar-refractivity contribution is -0.132. The van der Waals surface area contributed by atoms with Crippen molar-refractivity contribution in [3.8, 4) is 0 Å². The number of carbonyl (C=O) groups excluding carboxylic acids is 1. The highest BCUT2D eigenvalue weighted by atomic mass is 16.4. The molecule has 0 aromatic carbocycles. The molecule has 1 amide bonds. The monoisotopic (exact) mass is 370 g/mol. The molecule has 1 fully saturated rings. The number of piperidine rings is 1. The molecule has 3 heterocycles. The number of anilines is 1. The Labute approximate surface area is 156 Å². The van der Waals surface area contributed by atoms with Crippen LogP contribution in [0, 0.1) is 0 Å². The van der Waals surface area contributed by atoms with E-state index in [1.807, 2.05) is 12.1 Å². The Hall–Kier alpha value is -3.00. The summed E-state index contributed by atoms with van der Waals surface area (Å²) in [5.74, 6) is -1.64. The van der Waals surface area contributed by atoms with Gasteiger partial charge in [0.05, 0.1) is 17.7 Å². The van der Waals surface area contributed by atoms with Gasteiger partial charge in [-0.3, -0.25) is 14.8 Å². The highest BCUT2D eigenvalue weighted by Gasteiger charge is 2.35. The maximum Gasteiger partial charge on any atom is 0.328 e. The molecule has 0 radical (unpaired) electrons. The predicted octanol–water partition coefficient (Wildman–Crippen LogP) is 1.06. The fourth-order valence-corrected chi connectivity index (χ4v) is 3.49. The molecular formula is C19H22N4O4. The molecular weight excluding hydrogens is 348 g/mol. The molecule has 8 heteroatoms. The number of carbonyl (C=O) groups is 2. The zero-order valence-corrected chi connectivity index (χ0v) is 15.1. The third kappa shape index (κ3) is 4.40. The van der Waals surface area contributed by atoms with Crippen molar-refractivity contribution in [3.63, 3.8) is 0 Å². The third-order valence-corrected chi connectivity index (χ3v) is 4.69. The number of rotatable bonds is 5. The number of fused-ring (bicyclic) bond motifs is 1. The van der Waals surface area contributed by atoms with Crippen LogP contribution in [0.4, 0.5) is 5.69 Å². The Balaban J connectivity index is 1.76. The van der Waals surface area contributed by atoms with E-state index in [-0.39, 0.29) is 6.54 Å². The molecule has 0 bridgehead atoms. The molecule has 1 unspecified atom stereocenters. The molecule has 2 aromatic rings. The van der Waals surface area contributed by atoms with Gasteiger partial charge in [-0.25, -0.2) is 4.79 Å². The minimum absolute atomic E-state index is 0.119. The fourth-order valence-electron chi connectivity index (χ4n) is 3.49. The number of amides is 1. The lowest BCUT2D eigenvalue weighted by atomic mass is 9.91. The molecule has 8 nitrogen and oxygen atoms in total. The van der Waals surface area contributed by atoms with Gasteiger partial charge in [0.15, 0.2) is 0 Å². The van der Waals surface area contributed by atoms with Gasteiger partial charge in [-0.2, -0.15) is 0 Å². The standard InChI is InChI=1S/C19H22N4O4/c1-22(17(24)3-4-18(25)26)12-19(27)7-2-10-23(13-19)16-6-9-21-15-5-8-20-11-14(15)16/h3-6,8-9,11,27H,2,7,10,12-13H2,1H3,(H,25,26)/b4-3+. The number of β-amino-alcohol motifs (C(OH)–C–C–N with tert-alkyl or cyclic N) is 1. The van der Waals surface area contributed by atoms with Crippen LogP contribution in [-0.2, 0) is 9.59 Å². The summed E-state index contributed by atoms with van der Waals surface area (Å²) in [4.78, 5) is 34.5. The number of pyridine rings is 2. The van der Waals surface area contributed by atoms with Crippen LogP contribution in [-0.4, -0.2) is 69.2 Å². The Kier molecular flexibility index (Phi) is 5.36. The van der Waals surface area contributed by atoms with Crippen LogP contribution >= 0.6 is 0 Å². The summed E-state index contributed by atoms with van der Waals surface area (Å²) in [5.41, 5.74) is 0.700. The Morgan fingerprint density at radius 2 is 2.15 bits per heavy atom. The first-order valence-electron chi connectivity index (χ1n) is 8.70. The van der Waals surface area contributed by atoms with Gasteiger partial charge in [0, 0.05) is 62.0 Å². The molecule has 142 valence electrons. The molecule has 0 aliphatic carbocycles. The molecule has 0 saturated carbocycles. The van der Waals surface area contributed by atoms with Crippen molar-refractivity contribution in [2.45, 2.75) is 18.4 Å². The summed E-state index contributed by atoms with van der Waals surface area (Å²) in [7, 11) is 1.55. The van der Waals surface area contributed by atoms with Crippen molar-refractivity contribution < 1.29 is 19.8 Å². The van der Waals surface area contributed by atoms with Gasteiger partial charge in [0.25, 0.3) is 0 Å². The zero-order valence-electron chi connectivity index (χ0n) is 15.1. The summed E-state index contributed by atoms with van der Waals surface area (Å²) in [5, 5.41) is 20.6. The molecule has 1 atom stereocenters. The lowest BCUT2D eigenvalue weighted by Gasteiger charge is -2.42. The van der Waals surface area contributed by atoms with Crippen LogP contribution in [0.25, 0.3) is 10.9 Å². The SMILES string of the molecule is CN(CC1(O)CCCN(c2ccnc3ccncc23)C1)C(=O)/C=C/C(=O)O. The Bertz CT molecular complexity index is 880. The summed E-state index contributed by atoms with van der Waals surface area (Å²) in [6, 6.07) is 3.75. The van der Waals surface area contributed by atoms with Gasteiger partial charge in [-0.1, -0.05) is 0 Å². The molecule has 1 saturated heterocycles. The van der Waals surface area contributed by atoms with Crippen molar-refractivity contribution >= 4 is 28.5 Å². The minimum Gasteiger partial charge on any atom is -0.478 e. The largest absolute Gasteiger partial charge is 0.478 e. The van der Waals surface area contributed by atoms with E-state index in [1.54, 1.807) is 25.6 Å². The number of nitrogens with zero attached hydrogens (tertiary/aromatic N) is 4. The van der Waals surface area contributed by atoms with E-state index in [2.05, 4.69) is 14.9 Å². The van der Waals surface area contributed by atoms with Gasteiger partial charge in [0.2, 0.25) is 5.91 Å². The number of aliphatic carboxylic acids is 1. The topological polar surface area (TPSA) is 107 Å². The van der Waals surface area contributed by atoms with Gasteiger partial charge >= 0.3 is 5.97 Å². The van der Waals surface area contributed by atoms with Crippen LogP contribution in [0.15, 0.2) is 42.9 Å². The summed E-state index contributed by atoms with van der Waals surface area (Å²) in [6.45, 7) is 1.27. The maximum atomic E-state index is 12.0. The van der Waals surface area contributed by atoms with Crippen LogP contribution < -0.4 is 4.90 Å². The Morgan fingerprint density at radius 1 is 1.33 bits per heavy atom. The van der Waals surface area contributed by atoms with E-state index in [9.17, 15) is 14.7 Å². The van der Waals surface area contributed by atoms with Crippen molar-refractivity contribution in [3.05, 3.63) is 42.9 Å². The molecule has 27 heavy (non-hydrogen) atoms. The number of hydrogen-bond donors (Lipinski definition) is 2. The fraction of sp³-hybridized carbons (Fsp3) is 0.368. The highest BCUT2D eigenvalue weighted by molar-refractivity contribution is 5.94. The van der Waals surface area contributed by atoms with E-state index >= 15 is 0 Å². The second-order valence-corrected chi connectivity index (χ2v) is 6.84. The molecule has 0 spiro atoms. The van der Waals surface area contributed by atoms with Gasteiger partial charge in [-0.05, 0) is 25.0 Å². The summed E-state index contributed by atoms with van der Waals surface area (Å²) >= 11 is 0. The maximum absolute atomic E-state index is 12.0. The average molecular weight is 370 g/mol. The first-order chi connectivity index (χ1) is 12.9. The smallest absolute Gasteiger partial charge is 0.328 e. The van der Waals surface area contributed by atoms with E-state index in [4.69, 9.17) is 5.11 Å². The van der Waals surface area contributed by atoms with E-state index in [1.165, 1.54) is 4.90 Å². The highest BCUT2D eigenvalue weighted by Crippen LogP contribution is 2.30. The second-order valence-electron chi connectivity index (χ2n) is 6.84. The van der Waals surface area contributed by atoms with Crippen molar-refractivity contribution in [2.24, 2.45) is 0 Å². The summed E-state index contributed by atoms with van der Waals surface area (Å²) in [6.07, 6.45) is 8.31. The number of likely N-dealkylation sites (N-methyl/N-ethyl adjacent to an activating group) is 1. The normalized spacial score (nSPS) is 20.1. The van der Waals surface area contributed by atoms with Crippen molar-refractivity contribution in [2.75, 3.05) is 31.6 Å². The van der Waals surface area contributed by atoms with Gasteiger partial charge < -0.3 is 20.0 Å². The first kappa shape index (κ1) is 18.8. The average Bonchev–Trinajstić information content (AvgIpc) is 2.65. The Morgan fingerprint density at radius 3 is 2.93 bits per heavy atom. The predicted molar refractivity (Wildman–Crippen MR) is 100 cm³/mol. The van der Waals surface area contributed by atoms with Gasteiger partial charge in [0.1, 0.15) is 0 Å². The van der Waals surface area contributed by atoms with Crippen LogP contribution in [0.5, 0.6) is 0 Å². The lowest BCUT2D eigenvalue weighted by Crippen LogP contribution is -2.54. The second kappa shape index (κ2) is 7.71. The summed E-state index contributed by atoms with van der Waals surface area (Å²) < 4.78 is 0. The third-order valence-electron chi connectivity index (χ3n) is 4.69. The van der Waals surface area contributed by atoms with Crippen LogP contribution in [0.1, 0.15) is 12.8 Å². The molecule has 1 aliphatic rings. The van der Waals surface area contributed by atoms with Crippen LogP contribution in [0.2, 0.25) is 0 Å². The number of carboxylic acid groups (broad SMARTS) is 1. The number of aliphatic hydroxyl groups is 1. The molecule has 1 aliphatic heterocycles. The van der Waals surface area contributed by atoms with E-state index in [0.29, 0.717) is 13.0 Å². The zero-order chi connectivity index (χ0) is 19.4. The minimum atomic E-state index is -1.18.